The van der Waals surface area contributed by atoms with Gasteiger partial charge in [0.15, 0.2) is 0 Å². The van der Waals surface area contributed by atoms with E-state index in [4.69, 9.17) is 0 Å². The fourth-order valence-corrected chi connectivity index (χ4v) is 2.20. The number of carbonyl (C=O) groups excluding carboxylic acids is 1. The molecule has 102 valence electrons. The molecular weight excluding hydrogens is 246 g/mol. The second-order valence-corrected chi connectivity index (χ2v) is 4.93. The summed E-state index contributed by atoms with van der Waals surface area (Å²) in [5, 5.41) is 14.1. The van der Waals surface area contributed by atoms with Gasteiger partial charge in [0.2, 0.25) is 5.91 Å². The van der Waals surface area contributed by atoms with E-state index >= 15 is 0 Å². The molecule has 0 saturated carbocycles. The third-order valence-electron chi connectivity index (χ3n) is 3.37. The number of rotatable bonds is 3. The summed E-state index contributed by atoms with van der Waals surface area (Å²) in [6.45, 7) is 2.49. The molecule has 0 spiro atoms. The summed E-state index contributed by atoms with van der Waals surface area (Å²) in [5.41, 5.74) is 1.39. The van der Waals surface area contributed by atoms with Gasteiger partial charge < -0.3 is 10.2 Å². The Bertz CT molecular complexity index is 516. The topological polar surface area (TPSA) is 75.5 Å². The molecule has 0 aliphatic carbocycles. The zero-order valence-electron chi connectivity index (χ0n) is 11.0. The molecule has 1 N–H and O–H groups in total. The van der Waals surface area contributed by atoms with Crippen LogP contribution in [-0.4, -0.2) is 35.4 Å². The van der Waals surface area contributed by atoms with Gasteiger partial charge in [-0.15, -0.1) is 0 Å². The lowest BCUT2D eigenvalue weighted by atomic mass is 10.0. The number of aryl methyl sites for hydroxylation is 1. The van der Waals surface area contributed by atoms with Crippen molar-refractivity contribution in [1.29, 1.82) is 0 Å². The van der Waals surface area contributed by atoms with Crippen LogP contribution in [0.25, 0.3) is 0 Å². The number of amides is 1. The van der Waals surface area contributed by atoms with Gasteiger partial charge in [0.05, 0.1) is 4.92 Å². The first-order valence-electron chi connectivity index (χ1n) is 6.23. The molecule has 0 radical (unpaired) electrons. The van der Waals surface area contributed by atoms with Crippen LogP contribution in [0.1, 0.15) is 18.4 Å². The largest absolute Gasteiger partial charge is 0.376 e. The number of benzene rings is 1. The van der Waals surface area contributed by atoms with Crippen LogP contribution in [0.15, 0.2) is 18.2 Å². The van der Waals surface area contributed by atoms with Crippen molar-refractivity contribution in [2.75, 3.05) is 18.9 Å². The minimum Gasteiger partial charge on any atom is -0.376 e. The Hall–Kier alpha value is -2.11. The molecule has 1 unspecified atom stereocenters. The van der Waals surface area contributed by atoms with Gasteiger partial charge in [-0.1, -0.05) is 6.07 Å². The fraction of sp³-hybridized carbons (Fsp3) is 0.462. The Balaban J connectivity index is 2.15. The van der Waals surface area contributed by atoms with Crippen LogP contribution in [0.2, 0.25) is 0 Å². The van der Waals surface area contributed by atoms with Crippen molar-refractivity contribution in [2.24, 2.45) is 0 Å². The van der Waals surface area contributed by atoms with E-state index in [-0.39, 0.29) is 17.6 Å². The van der Waals surface area contributed by atoms with Gasteiger partial charge in [0.25, 0.3) is 5.69 Å². The lowest BCUT2D eigenvalue weighted by Crippen LogP contribution is -2.41. The molecule has 2 rings (SSSR count). The highest BCUT2D eigenvalue weighted by Crippen LogP contribution is 2.27. The first-order chi connectivity index (χ1) is 8.97. The van der Waals surface area contributed by atoms with E-state index in [1.165, 1.54) is 0 Å². The van der Waals surface area contributed by atoms with Crippen LogP contribution in [0.5, 0.6) is 0 Å². The van der Waals surface area contributed by atoms with Gasteiger partial charge in [0, 0.05) is 32.1 Å². The number of piperidine rings is 1. The third-order valence-corrected chi connectivity index (χ3v) is 3.37. The molecule has 0 bridgehead atoms. The molecule has 1 aromatic carbocycles. The number of likely N-dealkylation sites (tertiary alicyclic amines) is 1. The highest BCUT2D eigenvalue weighted by molar-refractivity contribution is 5.78. The highest BCUT2D eigenvalue weighted by atomic mass is 16.6. The number of carbonyl (C=O) groups is 1. The normalized spacial score (nSPS) is 19.4. The maximum atomic E-state index is 11.6. The number of nitro groups is 1. The van der Waals surface area contributed by atoms with Crippen LogP contribution in [-0.2, 0) is 4.79 Å². The predicted molar refractivity (Wildman–Crippen MR) is 72.1 cm³/mol. The van der Waals surface area contributed by atoms with Crippen molar-refractivity contribution < 1.29 is 9.72 Å². The Morgan fingerprint density at radius 1 is 1.47 bits per heavy atom. The van der Waals surface area contributed by atoms with Gasteiger partial charge in [-0.2, -0.15) is 0 Å². The Labute approximate surface area is 111 Å². The summed E-state index contributed by atoms with van der Waals surface area (Å²) in [6, 6.07) is 5.03. The van der Waals surface area contributed by atoms with Gasteiger partial charge in [-0.05, 0) is 25.0 Å². The maximum Gasteiger partial charge on any atom is 0.292 e. The second kappa shape index (κ2) is 5.26. The molecule has 6 heteroatoms. The Morgan fingerprint density at radius 3 is 2.84 bits per heavy atom. The summed E-state index contributed by atoms with van der Waals surface area (Å²) in [4.78, 5) is 23.9. The average Bonchev–Trinajstić information content (AvgIpc) is 2.36. The van der Waals surface area contributed by atoms with Gasteiger partial charge in [0.1, 0.15) is 5.69 Å². The third kappa shape index (κ3) is 3.01. The number of nitrogens with zero attached hydrogens (tertiary/aromatic N) is 2. The van der Waals surface area contributed by atoms with E-state index in [1.807, 2.05) is 13.0 Å². The van der Waals surface area contributed by atoms with Gasteiger partial charge in [-0.3, -0.25) is 14.9 Å². The van der Waals surface area contributed by atoms with Crippen molar-refractivity contribution in [1.82, 2.24) is 4.90 Å². The van der Waals surface area contributed by atoms with Crippen LogP contribution >= 0.6 is 0 Å². The minimum atomic E-state index is -0.397. The van der Waals surface area contributed by atoms with Crippen molar-refractivity contribution in [3.63, 3.8) is 0 Å². The van der Waals surface area contributed by atoms with E-state index in [0.717, 1.165) is 12.0 Å². The second-order valence-electron chi connectivity index (χ2n) is 4.93. The number of hydrogen-bond acceptors (Lipinski definition) is 4. The number of nitro benzene ring substituents is 1. The maximum absolute atomic E-state index is 11.6. The SMILES string of the molecule is Cc1ccc(NC2CCN(C)C(=O)C2)c([N+](=O)[O-])c1. The molecule has 1 aliphatic heterocycles. The molecule has 1 fully saturated rings. The fourth-order valence-electron chi connectivity index (χ4n) is 2.20. The van der Waals surface area contributed by atoms with E-state index < -0.39 is 4.92 Å². The smallest absolute Gasteiger partial charge is 0.292 e. The van der Waals surface area contributed by atoms with E-state index in [2.05, 4.69) is 5.32 Å². The molecule has 19 heavy (non-hydrogen) atoms. The monoisotopic (exact) mass is 263 g/mol. The molecule has 1 saturated heterocycles. The van der Waals surface area contributed by atoms with Crippen LogP contribution in [0.4, 0.5) is 11.4 Å². The van der Waals surface area contributed by atoms with Crippen molar-refractivity contribution >= 4 is 17.3 Å². The van der Waals surface area contributed by atoms with Crippen molar-refractivity contribution in [3.8, 4) is 0 Å². The van der Waals surface area contributed by atoms with E-state index in [9.17, 15) is 14.9 Å². The number of hydrogen-bond donors (Lipinski definition) is 1. The molecule has 1 aromatic rings. The minimum absolute atomic E-state index is 0.0369. The van der Waals surface area contributed by atoms with Crippen molar-refractivity contribution in [3.05, 3.63) is 33.9 Å². The highest BCUT2D eigenvalue weighted by Gasteiger charge is 2.25. The quantitative estimate of drug-likeness (QED) is 0.668. The molecule has 6 nitrogen and oxygen atoms in total. The Kier molecular flexibility index (Phi) is 3.69. The summed E-state index contributed by atoms with van der Waals surface area (Å²) in [7, 11) is 1.77. The van der Waals surface area contributed by atoms with E-state index in [1.54, 1.807) is 24.1 Å². The first-order valence-corrected chi connectivity index (χ1v) is 6.23. The zero-order chi connectivity index (χ0) is 14.0. The molecular formula is C13H17N3O3. The average molecular weight is 263 g/mol. The van der Waals surface area contributed by atoms with Gasteiger partial charge in [-0.25, -0.2) is 0 Å². The van der Waals surface area contributed by atoms with Crippen LogP contribution < -0.4 is 5.32 Å². The molecule has 1 heterocycles. The first kappa shape index (κ1) is 13.3. The van der Waals surface area contributed by atoms with Crippen molar-refractivity contribution in [2.45, 2.75) is 25.8 Å². The molecule has 1 atom stereocenters. The summed E-state index contributed by atoms with van der Waals surface area (Å²) in [5.74, 6) is 0.0681. The lowest BCUT2D eigenvalue weighted by molar-refractivity contribution is -0.384. The number of anilines is 1. The molecule has 1 aliphatic rings. The van der Waals surface area contributed by atoms with E-state index in [0.29, 0.717) is 18.7 Å². The summed E-state index contributed by atoms with van der Waals surface area (Å²) >= 11 is 0. The Morgan fingerprint density at radius 2 is 2.21 bits per heavy atom. The van der Waals surface area contributed by atoms with Crippen LogP contribution in [0.3, 0.4) is 0 Å². The predicted octanol–water partition coefficient (Wildman–Crippen LogP) is 1.94. The van der Waals surface area contributed by atoms with Gasteiger partial charge >= 0.3 is 0 Å². The number of nitrogens with one attached hydrogen (secondary N) is 1. The summed E-state index contributed by atoms with van der Waals surface area (Å²) in [6.07, 6.45) is 1.18. The standard InChI is InChI=1S/C13H17N3O3/c1-9-3-4-11(12(7-9)16(18)19)14-10-5-6-15(2)13(17)8-10/h3-4,7,10,14H,5-6,8H2,1-2H3. The summed E-state index contributed by atoms with van der Waals surface area (Å²) < 4.78 is 0. The molecule has 0 aromatic heterocycles. The lowest BCUT2D eigenvalue weighted by Gasteiger charge is -2.29. The molecule has 1 amide bonds. The van der Waals surface area contributed by atoms with Crippen LogP contribution in [0, 0.1) is 17.0 Å². The zero-order valence-corrected chi connectivity index (χ0v) is 11.0.